The van der Waals surface area contributed by atoms with E-state index in [0.29, 0.717) is 38.0 Å². The lowest BCUT2D eigenvalue weighted by Gasteiger charge is -2.11. The fourth-order valence-electron chi connectivity index (χ4n) is 3.79. The molecule has 176 valence electrons. The number of ether oxygens (including phenoxy) is 1. The van der Waals surface area contributed by atoms with Gasteiger partial charge >= 0.3 is 0 Å². The lowest BCUT2D eigenvalue weighted by molar-refractivity contribution is -0.112. The zero-order valence-corrected chi connectivity index (χ0v) is 23.1. The Hall–Kier alpha value is -2.62. The van der Waals surface area contributed by atoms with Crippen LogP contribution in [0.5, 0.6) is 5.75 Å². The van der Waals surface area contributed by atoms with Gasteiger partial charge < -0.3 is 10.1 Å². The van der Waals surface area contributed by atoms with E-state index in [1.807, 2.05) is 30.3 Å². The molecule has 0 bridgehead atoms. The first-order valence-electron chi connectivity index (χ1n) is 10.7. The molecule has 0 aliphatic heterocycles. The lowest BCUT2D eigenvalue weighted by Crippen LogP contribution is -2.13. The van der Waals surface area contributed by atoms with Gasteiger partial charge in [0.05, 0.1) is 15.1 Å². The fourth-order valence-corrected chi connectivity index (χ4v) is 6.28. The summed E-state index contributed by atoms with van der Waals surface area (Å²) in [6.45, 7) is 0.332. The van der Waals surface area contributed by atoms with Crippen LogP contribution in [0.15, 0.2) is 50.9 Å². The number of nitriles is 2. The summed E-state index contributed by atoms with van der Waals surface area (Å²) in [6.07, 6.45) is 5.33. The molecule has 0 saturated carbocycles. The molecule has 0 fully saturated rings. The van der Waals surface area contributed by atoms with Crippen LogP contribution >= 0.6 is 54.8 Å². The molecule has 4 rings (SSSR count). The molecule has 0 unspecified atom stereocenters. The highest BCUT2D eigenvalue weighted by Crippen LogP contribution is 2.38. The van der Waals surface area contributed by atoms with Gasteiger partial charge in [0.2, 0.25) is 0 Å². The van der Waals surface area contributed by atoms with Gasteiger partial charge in [0.15, 0.2) is 5.75 Å². The molecule has 0 saturated heterocycles. The summed E-state index contributed by atoms with van der Waals surface area (Å²) in [5, 5.41) is 22.9. The van der Waals surface area contributed by atoms with Crippen LogP contribution in [0.2, 0.25) is 5.02 Å². The minimum absolute atomic E-state index is 0.0910. The highest BCUT2D eigenvalue weighted by Gasteiger charge is 2.23. The van der Waals surface area contributed by atoms with E-state index in [4.69, 9.17) is 16.3 Å². The number of hydrogen-bond donors (Lipinski definition) is 1. The molecule has 35 heavy (non-hydrogen) atoms. The molecule has 0 radical (unpaired) electrons. The Balaban J connectivity index is 1.52. The zero-order chi connectivity index (χ0) is 24.9. The first-order chi connectivity index (χ1) is 16.9. The number of carbonyl (C=O) groups is 1. The SMILES string of the molecule is N#C/C(=C\c1cc(Cl)c(OCc2ccc(Br)cc2)c(Br)c1)C(=O)Nc1sc2c(c1C#N)CCCC2. The average Bonchev–Trinajstić information content (AvgIpc) is 3.19. The van der Waals surface area contributed by atoms with Gasteiger partial charge in [0.1, 0.15) is 29.3 Å². The van der Waals surface area contributed by atoms with E-state index < -0.39 is 5.91 Å². The van der Waals surface area contributed by atoms with Gasteiger partial charge in [0, 0.05) is 9.35 Å². The molecular weight excluding hydrogens is 614 g/mol. The molecule has 1 aromatic heterocycles. The molecule has 0 spiro atoms. The molecule has 3 aromatic rings. The number of benzene rings is 2. The van der Waals surface area contributed by atoms with Crippen molar-refractivity contribution in [3.05, 3.63) is 83.1 Å². The minimum atomic E-state index is -0.564. The Kier molecular flexibility index (Phi) is 8.30. The van der Waals surface area contributed by atoms with E-state index in [1.54, 1.807) is 12.1 Å². The number of thiophene rings is 1. The maximum atomic E-state index is 12.9. The van der Waals surface area contributed by atoms with Crippen molar-refractivity contribution in [1.29, 1.82) is 10.5 Å². The highest BCUT2D eigenvalue weighted by molar-refractivity contribution is 9.10. The Labute approximate surface area is 229 Å². The van der Waals surface area contributed by atoms with Crippen molar-refractivity contribution in [3.63, 3.8) is 0 Å². The number of fused-ring (bicyclic) bond motifs is 1. The first kappa shape index (κ1) is 25.5. The molecule has 0 atom stereocenters. The maximum absolute atomic E-state index is 12.9. The quantitative estimate of drug-likeness (QED) is 0.222. The molecule has 1 amide bonds. The fraction of sp³-hybridized carbons (Fsp3) is 0.192. The molecule has 1 N–H and O–H groups in total. The Morgan fingerprint density at radius 1 is 1.17 bits per heavy atom. The van der Waals surface area contributed by atoms with E-state index in [9.17, 15) is 15.3 Å². The van der Waals surface area contributed by atoms with Crippen LogP contribution in [-0.2, 0) is 24.2 Å². The Morgan fingerprint density at radius 2 is 1.91 bits per heavy atom. The average molecular weight is 632 g/mol. The largest absolute Gasteiger partial charge is 0.486 e. The van der Waals surface area contributed by atoms with Crippen molar-refractivity contribution < 1.29 is 9.53 Å². The number of halogens is 3. The third-order valence-electron chi connectivity index (χ3n) is 5.50. The van der Waals surface area contributed by atoms with Crippen LogP contribution in [0.25, 0.3) is 6.08 Å². The summed E-state index contributed by atoms with van der Waals surface area (Å²) < 4.78 is 7.47. The van der Waals surface area contributed by atoms with Crippen LogP contribution in [0, 0.1) is 22.7 Å². The monoisotopic (exact) mass is 629 g/mol. The summed E-state index contributed by atoms with van der Waals surface area (Å²) in [5.41, 5.74) is 2.99. The van der Waals surface area contributed by atoms with E-state index in [0.717, 1.165) is 46.2 Å². The molecule has 5 nitrogen and oxygen atoms in total. The number of anilines is 1. The number of nitrogens with one attached hydrogen (secondary N) is 1. The first-order valence-corrected chi connectivity index (χ1v) is 13.5. The van der Waals surface area contributed by atoms with Crippen LogP contribution in [0.1, 0.15) is 40.0 Å². The van der Waals surface area contributed by atoms with Crippen LogP contribution in [0.4, 0.5) is 5.00 Å². The molecule has 1 aliphatic rings. The lowest BCUT2D eigenvalue weighted by atomic mass is 9.96. The number of amides is 1. The standard InChI is InChI=1S/C26H18Br2ClN3O2S/c27-18-7-5-15(6-8-18)14-34-24-21(28)10-16(11-22(24)29)9-17(12-30)25(33)32-26-20(13-31)19-3-1-2-4-23(19)35-26/h5-11H,1-4,14H2,(H,32,33)/b17-9+. The predicted octanol–water partition coefficient (Wildman–Crippen LogP) is 7.80. The maximum Gasteiger partial charge on any atom is 0.266 e. The zero-order valence-electron chi connectivity index (χ0n) is 18.3. The molecular formula is C26H18Br2ClN3O2S. The van der Waals surface area contributed by atoms with E-state index in [1.165, 1.54) is 17.4 Å². The summed E-state index contributed by atoms with van der Waals surface area (Å²) in [5.74, 6) is -0.0945. The van der Waals surface area contributed by atoms with Gasteiger partial charge in [0.25, 0.3) is 5.91 Å². The van der Waals surface area contributed by atoms with Crippen molar-refractivity contribution >= 4 is 71.8 Å². The second-order valence-corrected chi connectivity index (χ2v) is 11.2. The van der Waals surface area contributed by atoms with Gasteiger partial charge in [-0.05, 0) is 88.6 Å². The Morgan fingerprint density at radius 3 is 2.60 bits per heavy atom. The van der Waals surface area contributed by atoms with Crippen molar-refractivity contribution in [1.82, 2.24) is 0 Å². The molecule has 2 aromatic carbocycles. The van der Waals surface area contributed by atoms with E-state index >= 15 is 0 Å². The van der Waals surface area contributed by atoms with Crippen LogP contribution in [-0.4, -0.2) is 5.91 Å². The number of rotatable bonds is 6. The topological polar surface area (TPSA) is 85.9 Å². The smallest absolute Gasteiger partial charge is 0.266 e. The van der Waals surface area contributed by atoms with Crippen molar-refractivity contribution in [3.8, 4) is 17.9 Å². The third kappa shape index (κ3) is 5.97. The molecule has 9 heteroatoms. The predicted molar refractivity (Wildman–Crippen MR) is 146 cm³/mol. The summed E-state index contributed by atoms with van der Waals surface area (Å²) in [6, 6.07) is 15.3. The highest BCUT2D eigenvalue weighted by atomic mass is 79.9. The number of nitrogens with zero attached hydrogens (tertiary/aromatic N) is 2. The molecule has 1 aliphatic carbocycles. The number of carbonyl (C=O) groups excluding carboxylic acids is 1. The van der Waals surface area contributed by atoms with Crippen molar-refractivity contribution in [2.24, 2.45) is 0 Å². The third-order valence-corrected chi connectivity index (χ3v) is 8.11. The second kappa shape index (κ2) is 11.4. The normalized spacial score (nSPS) is 12.9. The van der Waals surface area contributed by atoms with E-state index in [2.05, 4.69) is 43.2 Å². The van der Waals surface area contributed by atoms with Gasteiger partial charge in [-0.2, -0.15) is 10.5 Å². The van der Waals surface area contributed by atoms with Gasteiger partial charge in [-0.25, -0.2) is 0 Å². The van der Waals surface area contributed by atoms with Crippen molar-refractivity contribution in [2.75, 3.05) is 5.32 Å². The molecule has 1 heterocycles. The summed E-state index contributed by atoms with van der Waals surface area (Å²) >= 11 is 14.8. The van der Waals surface area contributed by atoms with Gasteiger partial charge in [-0.1, -0.05) is 39.7 Å². The minimum Gasteiger partial charge on any atom is -0.486 e. The number of aryl methyl sites for hydroxylation is 1. The van der Waals surface area contributed by atoms with Crippen LogP contribution < -0.4 is 10.1 Å². The number of hydrogen-bond acceptors (Lipinski definition) is 5. The van der Waals surface area contributed by atoms with Gasteiger partial charge in [-0.3, -0.25) is 4.79 Å². The second-order valence-electron chi connectivity index (χ2n) is 7.88. The van der Waals surface area contributed by atoms with Gasteiger partial charge in [-0.15, -0.1) is 11.3 Å². The summed E-state index contributed by atoms with van der Waals surface area (Å²) in [7, 11) is 0. The van der Waals surface area contributed by atoms with E-state index in [-0.39, 0.29) is 5.57 Å². The Bertz CT molecular complexity index is 1380. The summed E-state index contributed by atoms with van der Waals surface area (Å²) in [4.78, 5) is 14.0. The van der Waals surface area contributed by atoms with Crippen molar-refractivity contribution in [2.45, 2.75) is 32.3 Å². The van der Waals surface area contributed by atoms with Crippen LogP contribution in [0.3, 0.4) is 0 Å².